The molecule has 0 saturated carbocycles. The first kappa shape index (κ1) is 12.5. The topological polar surface area (TPSA) is 26.0 Å². The van der Waals surface area contributed by atoms with Gasteiger partial charge in [0, 0.05) is 20.0 Å². The number of hydrogen-bond acceptors (Lipinski definition) is 2. The molecule has 17 heavy (non-hydrogen) atoms. The van der Waals surface area contributed by atoms with Crippen molar-refractivity contribution in [2.45, 2.75) is 23.6 Å². The number of hydrogen-bond donors (Lipinski definition) is 1. The molecule has 0 aliphatic rings. The minimum atomic E-state index is 0.779. The predicted octanol–water partition coefficient (Wildman–Crippen LogP) is 4.80. The number of nitrogen functional groups attached to an aromatic ring is 1. The SMILES string of the molecule is Cc1ccc(Sc2ccc(N)cc2Br)c(C)c1. The van der Waals surface area contributed by atoms with Gasteiger partial charge in [-0.25, -0.2) is 0 Å². The van der Waals surface area contributed by atoms with Gasteiger partial charge in [0.05, 0.1) is 0 Å². The van der Waals surface area contributed by atoms with Crippen LogP contribution in [-0.2, 0) is 0 Å². The van der Waals surface area contributed by atoms with Crippen LogP contribution in [0.25, 0.3) is 0 Å². The zero-order valence-electron chi connectivity index (χ0n) is 9.83. The Morgan fingerprint density at radius 2 is 1.71 bits per heavy atom. The van der Waals surface area contributed by atoms with Crippen molar-refractivity contribution >= 4 is 33.4 Å². The zero-order valence-corrected chi connectivity index (χ0v) is 12.2. The second kappa shape index (κ2) is 5.15. The maximum absolute atomic E-state index is 5.73. The van der Waals surface area contributed by atoms with Crippen molar-refractivity contribution in [1.29, 1.82) is 0 Å². The lowest BCUT2D eigenvalue weighted by Gasteiger charge is -2.08. The fourth-order valence-electron chi connectivity index (χ4n) is 1.63. The highest BCUT2D eigenvalue weighted by atomic mass is 79.9. The van der Waals surface area contributed by atoms with E-state index in [4.69, 9.17) is 5.73 Å². The van der Waals surface area contributed by atoms with Gasteiger partial charge in [0.25, 0.3) is 0 Å². The number of anilines is 1. The van der Waals surface area contributed by atoms with Crippen molar-refractivity contribution in [3.8, 4) is 0 Å². The van der Waals surface area contributed by atoms with E-state index in [1.807, 2.05) is 18.2 Å². The van der Waals surface area contributed by atoms with E-state index in [2.05, 4.69) is 48.0 Å². The van der Waals surface area contributed by atoms with E-state index >= 15 is 0 Å². The number of aryl methyl sites for hydroxylation is 2. The first-order chi connectivity index (χ1) is 8.06. The second-order valence-electron chi connectivity index (χ2n) is 4.06. The third-order valence-electron chi connectivity index (χ3n) is 2.51. The van der Waals surface area contributed by atoms with E-state index in [-0.39, 0.29) is 0 Å². The lowest BCUT2D eigenvalue weighted by Crippen LogP contribution is -1.86. The van der Waals surface area contributed by atoms with Gasteiger partial charge in [0.1, 0.15) is 0 Å². The lowest BCUT2D eigenvalue weighted by atomic mass is 10.2. The monoisotopic (exact) mass is 307 g/mol. The van der Waals surface area contributed by atoms with Gasteiger partial charge in [-0.1, -0.05) is 29.5 Å². The standard InChI is InChI=1S/C14H14BrNS/c1-9-3-5-13(10(2)7-9)17-14-6-4-11(16)8-12(14)15/h3-8H,16H2,1-2H3. The number of nitrogens with two attached hydrogens (primary N) is 1. The Hall–Kier alpha value is -0.930. The third kappa shape index (κ3) is 3.05. The Morgan fingerprint density at radius 3 is 2.35 bits per heavy atom. The van der Waals surface area contributed by atoms with Crippen LogP contribution in [-0.4, -0.2) is 0 Å². The van der Waals surface area contributed by atoms with Crippen LogP contribution < -0.4 is 5.73 Å². The highest BCUT2D eigenvalue weighted by Crippen LogP contribution is 2.36. The van der Waals surface area contributed by atoms with Gasteiger partial charge in [-0.05, 0) is 59.6 Å². The molecule has 0 heterocycles. The smallest absolute Gasteiger partial charge is 0.0335 e. The molecule has 0 aromatic heterocycles. The van der Waals surface area contributed by atoms with Gasteiger partial charge < -0.3 is 5.73 Å². The minimum absolute atomic E-state index is 0.779. The van der Waals surface area contributed by atoms with E-state index in [1.54, 1.807) is 11.8 Å². The summed E-state index contributed by atoms with van der Waals surface area (Å²) in [7, 11) is 0. The average molecular weight is 308 g/mol. The fourth-order valence-corrected chi connectivity index (χ4v) is 3.16. The van der Waals surface area contributed by atoms with E-state index in [0.717, 1.165) is 10.2 Å². The Balaban J connectivity index is 2.31. The molecular formula is C14H14BrNS. The molecule has 0 saturated heterocycles. The number of benzene rings is 2. The largest absolute Gasteiger partial charge is 0.399 e. The minimum Gasteiger partial charge on any atom is -0.399 e. The van der Waals surface area contributed by atoms with E-state index in [1.165, 1.54) is 20.9 Å². The molecule has 0 aliphatic carbocycles. The molecule has 2 N–H and O–H groups in total. The lowest BCUT2D eigenvalue weighted by molar-refractivity contribution is 1.25. The maximum Gasteiger partial charge on any atom is 0.0335 e. The Morgan fingerprint density at radius 1 is 1.00 bits per heavy atom. The molecule has 0 bridgehead atoms. The van der Waals surface area contributed by atoms with Crippen molar-refractivity contribution in [3.05, 3.63) is 52.0 Å². The first-order valence-corrected chi connectivity index (χ1v) is 6.97. The second-order valence-corrected chi connectivity index (χ2v) is 6.00. The molecule has 0 atom stereocenters. The van der Waals surface area contributed by atoms with Gasteiger partial charge >= 0.3 is 0 Å². The molecule has 0 unspecified atom stereocenters. The molecule has 0 aliphatic heterocycles. The summed E-state index contributed by atoms with van der Waals surface area (Å²) < 4.78 is 1.04. The molecule has 0 spiro atoms. The van der Waals surface area contributed by atoms with E-state index in [9.17, 15) is 0 Å². The first-order valence-electron chi connectivity index (χ1n) is 5.36. The van der Waals surface area contributed by atoms with Crippen LogP contribution in [0.4, 0.5) is 5.69 Å². The summed E-state index contributed by atoms with van der Waals surface area (Å²) in [5.41, 5.74) is 9.11. The van der Waals surface area contributed by atoms with Gasteiger partial charge in [0.2, 0.25) is 0 Å². The molecule has 3 heteroatoms. The molecule has 0 fully saturated rings. The summed E-state index contributed by atoms with van der Waals surface area (Å²) in [5, 5.41) is 0. The maximum atomic E-state index is 5.73. The van der Waals surface area contributed by atoms with Crippen LogP contribution in [0.1, 0.15) is 11.1 Å². The molecule has 2 rings (SSSR count). The summed E-state index contributed by atoms with van der Waals surface area (Å²) >= 11 is 5.30. The van der Waals surface area contributed by atoms with E-state index < -0.39 is 0 Å². The highest BCUT2D eigenvalue weighted by Gasteiger charge is 2.05. The van der Waals surface area contributed by atoms with Crippen LogP contribution in [0.15, 0.2) is 50.7 Å². The van der Waals surface area contributed by atoms with Gasteiger partial charge in [-0.15, -0.1) is 0 Å². The molecule has 2 aromatic rings. The molecule has 0 radical (unpaired) electrons. The average Bonchev–Trinajstić information content (AvgIpc) is 2.25. The van der Waals surface area contributed by atoms with Gasteiger partial charge in [-0.3, -0.25) is 0 Å². The summed E-state index contributed by atoms with van der Waals surface area (Å²) in [6, 6.07) is 12.4. The van der Waals surface area contributed by atoms with Crippen LogP contribution in [0.3, 0.4) is 0 Å². The zero-order chi connectivity index (χ0) is 12.4. The summed E-state index contributed by atoms with van der Waals surface area (Å²) in [6.07, 6.45) is 0. The molecule has 2 aromatic carbocycles. The quantitative estimate of drug-likeness (QED) is 0.807. The molecule has 1 nitrogen and oxygen atoms in total. The van der Waals surface area contributed by atoms with Crippen molar-refractivity contribution < 1.29 is 0 Å². The molecular weight excluding hydrogens is 294 g/mol. The van der Waals surface area contributed by atoms with Crippen molar-refractivity contribution in [2.75, 3.05) is 5.73 Å². The Labute approximate surface area is 115 Å². The van der Waals surface area contributed by atoms with Crippen LogP contribution in [0, 0.1) is 13.8 Å². The van der Waals surface area contributed by atoms with Crippen molar-refractivity contribution in [3.63, 3.8) is 0 Å². The summed E-state index contributed by atoms with van der Waals surface area (Å²) in [6.45, 7) is 4.25. The normalized spacial score (nSPS) is 10.5. The third-order valence-corrected chi connectivity index (χ3v) is 4.68. The number of rotatable bonds is 2. The van der Waals surface area contributed by atoms with Crippen molar-refractivity contribution in [2.24, 2.45) is 0 Å². The molecule has 0 amide bonds. The van der Waals surface area contributed by atoms with Gasteiger partial charge in [-0.2, -0.15) is 0 Å². The predicted molar refractivity (Wildman–Crippen MR) is 78.6 cm³/mol. The number of halogens is 1. The Kier molecular flexibility index (Phi) is 3.79. The Bertz CT molecular complexity index is 502. The highest BCUT2D eigenvalue weighted by molar-refractivity contribution is 9.10. The fraction of sp³-hybridized carbons (Fsp3) is 0.143. The van der Waals surface area contributed by atoms with Crippen LogP contribution >= 0.6 is 27.7 Å². The van der Waals surface area contributed by atoms with Gasteiger partial charge in [0.15, 0.2) is 0 Å². The molecule has 88 valence electrons. The van der Waals surface area contributed by atoms with Crippen molar-refractivity contribution in [1.82, 2.24) is 0 Å². The van der Waals surface area contributed by atoms with Crippen LogP contribution in [0.2, 0.25) is 0 Å². The summed E-state index contributed by atoms with van der Waals surface area (Å²) in [4.78, 5) is 2.47. The van der Waals surface area contributed by atoms with Crippen LogP contribution in [0.5, 0.6) is 0 Å². The van der Waals surface area contributed by atoms with E-state index in [0.29, 0.717) is 0 Å². The summed E-state index contributed by atoms with van der Waals surface area (Å²) in [5.74, 6) is 0.